The van der Waals surface area contributed by atoms with Gasteiger partial charge < -0.3 is 5.32 Å². The van der Waals surface area contributed by atoms with Gasteiger partial charge in [0.15, 0.2) is 0 Å². The second kappa shape index (κ2) is 3.38. The van der Waals surface area contributed by atoms with E-state index < -0.39 is 0 Å². The first-order chi connectivity index (χ1) is 6.86. The normalized spacial score (nSPS) is 41.6. The molecule has 0 aromatic rings. The van der Waals surface area contributed by atoms with E-state index in [2.05, 4.69) is 10.7 Å². The Labute approximate surface area is 88.5 Å². The molecule has 0 aromatic heterocycles. The average Bonchev–Trinajstić information content (AvgIpc) is 2.61. The first kappa shape index (κ1) is 8.98. The fourth-order valence-corrected chi connectivity index (χ4v) is 4.06. The highest BCUT2D eigenvalue weighted by molar-refractivity contribution is 8.16. The Bertz CT molecular complexity index is 300. The molecular formula is C11H15NOS. The van der Waals surface area contributed by atoms with Crippen LogP contribution in [0.3, 0.4) is 0 Å². The van der Waals surface area contributed by atoms with Gasteiger partial charge in [-0.15, -0.1) is 0 Å². The minimum Gasteiger partial charge on any atom is -0.310 e. The Morgan fingerprint density at radius 2 is 2.21 bits per heavy atom. The Kier molecular flexibility index (Phi) is 2.17. The molecule has 1 saturated carbocycles. The second-order valence-corrected chi connectivity index (χ2v) is 5.42. The third-order valence-electron chi connectivity index (χ3n) is 3.80. The molecule has 1 N–H and O–H groups in total. The number of hydrogen-bond donors (Lipinski definition) is 1. The van der Waals surface area contributed by atoms with Crippen LogP contribution in [0.25, 0.3) is 0 Å². The fraction of sp³-hybridized carbons (Fsp3) is 0.727. The minimum atomic E-state index is 0.270. The van der Waals surface area contributed by atoms with E-state index in [0.717, 1.165) is 6.54 Å². The molecule has 3 unspecified atom stereocenters. The summed E-state index contributed by atoms with van der Waals surface area (Å²) in [5.74, 6) is 0.873. The lowest BCUT2D eigenvalue weighted by Gasteiger charge is -2.40. The van der Waals surface area contributed by atoms with E-state index in [1.165, 1.54) is 43.0 Å². The third-order valence-corrected chi connectivity index (χ3v) is 4.70. The number of carbonyl (C=O) groups excluding carboxylic acids is 1. The summed E-state index contributed by atoms with van der Waals surface area (Å²) in [4.78, 5) is 11.7. The van der Waals surface area contributed by atoms with Crippen LogP contribution < -0.4 is 5.32 Å². The molecule has 0 spiro atoms. The summed E-state index contributed by atoms with van der Waals surface area (Å²) in [5, 5.41) is 6.05. The maximum atomic E-state index is 11.7. The first-order valence-electron chi connectivity index (χ1n) is 5.49. The van der Waals surface area contributed by atoms with Crippen molar-refractivity contribution in [2.75, 3.05) is 6.54 Å². The van der Waals surface area contributed by atoms with Gasteiger partial charge in [0.25, 0.3) is 0 Å². The number of fused-ring (bicyclic) bond motifs is 3. The van der Waals surface area contributed by atoms with Crippen molar-refractivity contribution < 1.29 is 4.79 Å². The molecule has 3 rings (SSSR count). The Morgan fingerprint density at radius 1 is 1.36 bits per heavy atom. The minimum absolute atomic E-state index is 0.270. The fourth-order valence-electron chi connectivity index (χ4n) is 3.09. The van der Waals surface area contributed by atoms with Crippen molar-refractivity contribution in [2.24, 2.45) is 11.8 Å². The summed E-state index contributed by atoms with van der Waals surface area (Å²) in [6.07, 6.45) is 5.16. The van der Waals surface area contributed by atoms with Crippen LogP contribution in [0, 0.1) is 11.8 Å². The highest BCUT2D eigenvalue weighted by atomic mass is 32.2. The van der Waals surface area contributed by atoms with E-state index in [1.54, 1.807) is 0 Å². The molecule has 76 valence electrons. The highest BCUT2D eigenvalue weighted by Gasteiger charge is 2.43. The summed E-state index contributed by atoms with van der Waals surface area (Å²) >= 11 is 1.42. The van der Waals surface area contributed by atoms with Gasteiger partial charge in [0.1, 0.15) is 0 Å². The van der Waals surface area contributed by atoms with Gasteiger partial charge in [0.05, 0.1) is 5.92 Å². The Balaban J connectivity index is 1.88. The summed E-state index contributed by atoms with van der Waals surface area (Å²) in [6.45, 7) is 0.949. The van der Waals surface area contributed by atoms with Crippen LogP contribution >= 0.6 is 11.8 Å². The van der Waals surface area contributed by atoms with Crippen LogP contribution in [0.5, 0.6) is 0 Å². The number of hydrogen-bond acceptors (Lipinski definition) is 3. The molecule has 3 atom stereocenters. The van der Waals surface area contributed by atoms with Crippen LogP contribution in [0.1, 0.15) is 25.7 Å². The Hall–Kier alpha value is -0.280. The van der Waals surface area contributed by atoms with Crippen molar-refractivity contribution in [2.45, 2.75) is 31.7 Å². The van der Waals surface area contributed by atoms with Gasteiger partial charge in [-0.05, 0) is 29.7 Å². The first-order valence-corrected chi connectivity index (χ1v) is 6.37. The van der Waals surface area contributed by atoms with Crippen LogP contribution in [0.15, 0.2) is 11.0 Å². The van der Waals surface area contributed by atoms with E-state index in [0.29, 0.717) is 17.1 Å². The topological polar surface area (TPSA) is 29.1 Å². The lowest BCUT2D eigenvalue weighted by Crippen LogP contribution is -2.49. The zero-order valence-electron chi connectivity index (χ0n) is 8.16. The summed E-state index contributed by atoms with van der Waals surface area (Å²) < 4.78 is 0. The van der Waals surface area contributed by atoms with E-state index >= 15 is 0 Å². The molecule has 3 aliphatic rings. The standard InChI is InChI=1S/C11H15NOS/c13-11-10-7(6-14-11)5-12-9-4-2-1-3-8(9)10/h6,8-10,12H,1-5H2. The van der Waals surface area contributed by atoms with Gasteiger partial charge in [0.2, 0.25) is 5.12 Å². The smallest absolute Gasteiger partial charge is 0.200 e. The quantitative estimate of drug-likeness (QED) is 0.661. The van der Waals surface area contributed by atoms with Gasteiger partial charge in [-0.1, -0.05) is 24.6 Å². The molecular weight excluding hydrogens is 194 g/mol. The van der Waals surface area contributed by atoms with Crippen molar-refractivity contribution >= 4 is 16.9 Å². The third kappa shape index (κ3) is 1.26. The maximum Gasteiger partial charge on any atom is 0.200 e. The number of rotatable bonds is 0. The van der Waals surface area contributed by atoms with Gasteiger partial charge in [-0.25, -0.2) is 0 Å². The SMILES string of the molecule is O=C1SC=C2CNC3CCCCC3C12. The summed E-state index contributed by atoms with van der Waals surface area (Å²) in [7, 11) is 0. The highest BCUT2D eigenvalue weighted by Crippen LogP contribution is 2.43. The second-order valence-electron chi connectivity index (χ2n) is 4.54. The molecule has 2 fully saturated rings. The predicted octanol–water partition coefficient (Wildman–Crippen LogP) is 1.92. The van der Waals surface area contributed by atoms with Crippen LogP contribution in [-0.4, -0.2) is 17.7 Å². The van der Waals surface area contributed by atoms with Crippen molar-refractivity contribution in [3.05, 3.63) is 11.0 Å². The lowest BCUT2D eigenvalue weighted by atomic mass is 9.72. The molecule has 2 aliphatic heterocycles. The molecule has 2 nitrogen and oxygen atoms in total. The van der Waals surface area contributed by atoms with Gasteiger partial charge >= 0.3 is 0 Å². The van der Waals surface area contributed by atoms with Crippen molar-refractivity contribution in [1.29, 1.82) is 0 Å². The van der Waals surface area contributed by atoms with E-state index in [9.17, 15) is 4.79 Å². The molecule has 3 heteroatoms. The molecule has 0 bridgehead atoms. The zero-order valence-corrected chi connectivity index (χ0v) is 8.98. The number of carbonyl (C=O) groups is 1. The zero-order chi connectivity index (χ0) is 9.54. The van der Waals surface area contributed by atoms with E-state index in [-0.39, 0.29) is 5.92 Å². The molecule has 0 aromatic carbocycles. The van der Waals surface area contributed by atoms with Crippen LogP contribution in [0.2, 0.25) is 0 Å². The van der Waals surface area contributed by atoms with Crippen LogP contribution in [0.4, 0.5) is 0 Å². The van der Waals surface area contributed by atoms with E-state index in [4.69, 9.17) is 0 Å². The monoisotopic (exact) mass is 209 g/mol. The maximum absolute atomic E-state index is 11.7. The Morgan fingerprint density at radius 3 is 3.14 bits per heavy atom. The van der Waals surface area contributed by atoms with Crippen molar-refractivity contribution in [1.82, 2.24) is 5.32 Å². The van der Waals surface area contributed by atoms with E-state index in [1.807, 2.05) is 0 Å². The van der Waals surface area contributed by atoms with Crippen molar-refractivity contribution in [3.8, 4) is 0 Å². The largest absolute Gasteiger partial charge is 0.310 e. The molecule has 1 aliphatic carbocycles. The lowest BCUT2D eigenvalue weighted by molar-refractivity contribution is -0.115. The molecule has 1 saturated heterocycles. The van der Waals surface area contributed by atoms with Gasteiger partial charge in [0, 0.05) is 12.6 Å². The number of piperidine rings is 1. The molecule has 0 radical (unpaired) electrons. The molecule has 2 heterocycles. The summed E-state index contributed by atoms with van der Waals surface area (Å²) in [6, 6.07) is 0.619. The van der Waals surface area contributed by atoms with Gasteiger partial charge in [-0.3, -0.25) is 4.79 Å². The molecule has 0 amide bonds. The average molecular weight is 209 g/mol. The summed E-state index contributed by atoms with van der Waals surface area (Å²) in [5.41, 5.74) is 1.35. The van der Waals surface area contributed by atoms with Crippen LogP contribution in [-0.2, 0) is 4.79 Å². The number of nitrogens with one attached hydrogen (secondary N) is 1. The number of thioether (sulfide) groups is 1. The predicted molar refractivity (Wildman–Crippen MR) is 57.9 cm³/mol. The van der Waals surface area contributed by atoms with Crippen molar-refractivity contribution in [3.63, 3.8) is 0 Å². The molecule has 14 heavy (non-hydrogen) atoms. The van der Waals surface area contributed by atoms with Gasteiger partial charge in [-0.2, -0.15) is 0 Å².